The predicted octanol–water partition coefficient (Wildman–Crippen LogP) is 21.1. The number of rotatable bonds is 54. The highest BCUT2D eigenvalue weighted by Crippen LogP contribution is 2.25. The van der Waals surface area contributed by atoms with Gasteiger partial charge in [0.25, 0.3) is 6.29 Å². The van der Waals surface area contributed by atoms with Gasteiger partial charge in [-0.05, 0) is 24.3 Å². The van der Waals surface area contributed by atoms with Gasteiger partial charge < -0.3 is 9.47 Å². The van der Waals surface area contributed by atoms with Crippen LogP contribution in [0, 0.1) is 0 Å². The number of unbranched alkanes of at least 4 members (excludes halogenated alkanes) is 47. The zero-order valence-corrected chi connectivity index (χ0v) is 43.4. The van der Waals surface area contributed by atoms with Crippen molar-refractivity contribution < 1.29 is 14.3 Å². The molecule has 2 rings (SSSR count). The molecule has 3 heteroatoms. The number of hydrogen-bond acceptors (Lipinski definition) is 2. The van der Waals surface area contributed by atoms with Gasteiger partial charge in [-0.2, -0.15) is 0 Å². The lowest BCUT2D eigenvalue weighted by Crippen LogP contribution is -2.07. The normalized spacial score (nSPS) is 11.6. The maximum Gasteiger partial charge on any atom is 0.281 e. The predicted molar refractivity (Wildman–Crippen MR) is 290 cm³/mol. The topological polar surface area (TPSA) is 39.9 Å². The van der Waals surface area contributed by atoms with Crippen molar-refractivity contribution in [2.24, 2.45) is 0 Å². The number of ether oxygens (including phenoxy) is 2. The van der Waals surface area contributed by atoms with Gasteiger partial charge in [-0.3, -0.25) is 4.79 Å². The number of carbonyl (C=O) groups excluding carboxylic acids is 1. The lowest BCUT2D eigenvalue weighted by molar-refractivity contribution is 0.0975. The molecule has 2 aromatic carbocycles. The molecular weight excluding hydrogens is 793 g/mol. The first-order valence-electron chi connectivity index (χ1n) is 29.6. The van der Waals surface area contributed by atoms with E-state index in [1.165, 1.54) is 312 Å². The molecule has 0 atom stereocenters. The lowest BCUT2D eigenvalue weighted by atomic mass is 10.0. The molecule has 0 amide bonds. The van der Waals surface area contributed by atoms with Crippen molar-refractivity contribution in [1.82, 2.24) is 0 Å². The van der Waals surface area contributed by atoms with E-state index in [1.807, 2.05) is 0 Å². The summed E-state index contributed by atoms with van der Waals surface area (Å²) < 4.78 is 11.8. The molecule has 0 aliphatic rings. The van der Waals surface area contributed by atoms with E-state index in [9.17, 15) is 0 Å². The number of fused-ring (bicyclic) bond motifs is 1. The van der Waals surface area contributed by atoms with Crippen LogP contribution in [0.2, 0.25) is 0 Å². The number of aldehydes is 1. The molecule has 0 bridgehead atoms. The van der Waals surface area contributed by atoms with E-state index >= 15 is 0 Å². The average Bonchev–Trinajstić information content (AvgIpc) is 3.33. The molecule has 2 aromatic rings. The fraction of sp³-hybridized carbons (Fsp3) is 0.823. The first kappa shape index (κ1) is 59.3. The first-order valence-corrected chi connectivity index (χ1v) is 29.6. The zero-order chi connectivity index (χ0) is 45.9. The Kier molecular flexibility index (Phi) is 45.6. The summed E-state index contributed by atoms with van der Waals surface area (Å²) in [6.45, 7) is 2.14. The highest BCUT2D eigenvalue weighted by atomic mass is 16.5. The molecule has 3 nitrogen and oxygen atoms in total. The minimum atomic E-state index is 0.617. The Morgan fingerprint density at radius 3 is 0.877 bits per heavy atom. The van der Waals surface area contributed by atoms with Gasteiger partial charge in [-0.15, -0.1) is 0 Å². The molecule has 0 fully saturated rings. The second-order valence-corrected chi connectivity index (χ2v) is 20.5. The van der Waals surface area contributed by atoms with Gasteiger partial charge in [0, 0.05) is 12.0 Å². The Balaban J connectivity index is 1.12. The Hall–Kier alpha value is -1.87. The molecule has 0 spiro atoms. The monoisotopic (exact) mass is 904 g/mol. The summed E-state index contributed by atoms with van der Waals surface area (Å²) in [6, 6.07) is 14.6. The number of hydrogen-bond donors (Lipinski definition) is 0. The van der Waals surface area contributed by atoms with Crippen molar-refractivity contribution in [2.75, 3.05) is 19.8 Å². The van der Waals surface area contributed by atoms with Gasteiger partial charge in [0.2, 0.25) is 0 Å². The van der Waals surface area contributed by atoms with Crippen LogP contribution in [0.25, 0.3) is 10.8 Å². The number of benzene rings is 2. The largest absolute Gasteiger partial charge is 0.491 e. The summed E-state index contributed by atoms with van der Waals surface area (Å²) in [5, 5.41) is 2.40. The minimum Gasteiger partial charge on any atom is -0.491 e. The third-order valence-electron chi connectivity index (χ3n) is 14.4. The summed E-state index contributed by atoms with van der Waals surface area (Å²) in [7, 11) is 0. The van der Waals surface area contributed by atoms with Crippen LogP contribution in [-0.4, -0.2) is 30.9 Å². The maximum atomic E-state index is 8.71. The molecule has 1 N–H and O–H groups in total. The standard InChI is InChI=1S/C62H110O3/c63-56-49-45-43-41-39-37-35-33-31-29-27-25-23-21-19-17-15-13-11-9-7-5-3-1-2-4-6-8-10-12-14-16-18-20-22-24-26-28-30-32-34-36-38-40-42-44-46-50-57-64-58-59-65-62-55-51-53-60-52-47-48-54-61(60)62/h47-48,51-56H,1-46,49-50,57-59H2/p+1. The average molecular weight is 905 g/mol. The smallest absolute Gasteiger partial charge is 0.281 e. The van der Waals surface area contributed by atoms with E-state index in [0.29, 0.717) is 13.2 Å². The molecule has 0 aliphatic carbocycles. The molecule has 0 unspecified atom stereocenters. The second-order valence-electron chi connectivity index (χ2n) is 20.5. The SMILES string of the molecule is [OH+]=CCCCCCCCCCCCCCCCCCCCCCCCCCCCCCCCCCCCCCCCCCCCCCCCCCOCCOc1cccc2ccccc12. The van der Waals surface area contributed by atoms with Gasteiger partial charge in [0.1, 0.15) is 12.4 Å². The van der Waals surface area contributed by atoms with Crippen molar-refractivity contribution in [1.29, 1.82) is 0 Å². The van der Waals surface area contributed by atoms with E-state index in [-0.39, 0.29) is 0 Å². The second kappa shape index (κ2) is 50.0. The summed E-state index contributed by atoms with van der Waals surface area (Å²) >= 11 is 0. The van der Waals surface area contributed by atoms with Gasteiger partial charge in [-0.1, -0.05) is 325 Å². The molecule has 65 heavy (non-hydrogen) atoms. The molecule has 0 saturated heterocycles. The van der Waals surface area contributed by atoms with Crippen molar-refractivity contribution in [3.05, 3.63) is 42.5 Å². The van der Waals surface area contributed by atoms with Crippen molar-refractivity contribution >= 4 is 17.1 Å². The van der Waals surface area contributed by atoms with E-state index < -0.39 is 0 Å². The van der Waals surface area contributed by atoms with E-state index in [4.69, 9.17) is 14.3 Å². The van der Waals surface area contributed by atoms with E-state index in [0.717, 1.165) is 25.2 Å². The van der Waals surface area contributed by atoms with Gasteiger partial charge >= 0.3 is 0 Å². The van der Waals surface area contributed by atoms with Crippen LogP contribution in [0.1, 0.15) is 308 Å². The summed E-state index contributed by atoms with van der Waals surface area (Å²) in [4.78, 5) is 8.71. The molecule has 376 valence electrons. The van der Waals surface area contributed by atoms with Crippen LogP contribution in [0.15, 0.2) is 42.5 Å². The van der Waals surface area contributed by atoms with Crippen molar-refractivity contribution in [3.63, 3.8) is 0 Å². The van der Waals surface area contributed by atoms with Crippen LogP contribution in [0.3, 0.4) is 0 Å². The van der Waals surface area contributed by atoms with Crippen LogP contribution in [0.4, 0.5) is 0 Å². The zero-order valence-electron chi connectivity index (χ0n) is 43.4. The third kappa shape index (κ3) is 40.9. The molecule has 0 saturated carbocycles. The van der Waals surface area contributed by atoms with Crippen LogP contribution in [0.5, 0.6) is 5.75 Å². The van der Waals surface area contributed by atoms with Crippen molar-refractivity contribution in [2.45, 2.75) is 308 Å². The summed E-state index contributed by atoms with van der Waals surface area (Å²) in [6.07, 6.45) is 69.8. The fourth-order valence-electron chi connectivity index (χ4n) is 10.0. The highest BCUT2D eigenvalue weighted by molar-refractivity contribution is 5.88. The first-order chi connectivity index (χ1) is 32.4. The summed E-state index contributed by atoms with van der Waals surface area (Å²) in [5.41, 5.74) is 0. The minimum absolute atomic E-state index is 0.617. The Bertz CT molecular complexity index is 1220. The molecule has 0 aliphatic heterocycles. The lowest BCUT2D eigenvalue weighted by Gasteiger charge is -2.10. The molecular formula is C62H111O3+. The van der Waals surface area contributed by atoms with Gasteiger partial charge in [-0.25, -0.2) is 0 Å². The van der Waals surface area contributed by atoms with Crippen molar-refractivity contribution in [3.8, 4) is 5.75 Å². The van der Waals surface area contributed by atoms with Gasteiger partial charge in [0.15, 0.2) is 0 Å². The molecule has 0 aromatic heterocycles. The Morgan fingerprint density at radius 2 is 0.554 bits per heavy atom. The Labute approximate surface area is 405 Å². The van der Waals surface area contributed by atoms with E-state index in [1.54, 1.807) is 0 Å². The molecule has 0 heterocycles. The Morgan fingerprint density at radius 1 is 0.277 bits per heavy atom. The van der Waals surface area contributed by atoms with E-state index in [2.05, 4.69) is 42.5 Å². The summed E-state index contributed by atoms with van der Waals surface area (Å²) in [5.74, 6) is 0.956. The van der Waals surface area contributed by atoms with Crippen LogP contribution < -0.4 is 4.74 Å². The van der Waals surface area contributed by atoms with Crippen LogP contribution >= 0.6 is 0 Å². The quantitative estimate of drug-likeness (QED) is 0.0377. The van der Waals surface area contributed by atoms with Gasteiger partial charge in [0.05, 0.1) is 13.0 Å². The van der Waals surface area contributed by atoms with Crippen LogP contribution in [-0.2, 0) is 4.74 Å². The fourth-order valence-corrected chi connectivity index (χ4v) is 10.0. The maximum absolute atomic E-state index is 8.71. The molecule has 0 radical (unpaired) electrons. The third-order valence-corrected chi connectivity index (χ3v) is 14.4. The highest BCUT2D eigenvalue weighted by Gasteiger charge is 2.02.